The minimum Gasteiger partial charge on any atom is -0.481 e. The molecule has 23 heavy (non-hydrogen) atoms. The van der Waals surface area contributed by atoms with Crippen molar-refractivity contribution in [3.05, 3.63) is 64.7 Å². The van der Waals surface area contributed by atoms with E-state index in [1.54, 1.807) is 24.0 Å². The first-order chi connectivity index (χ1) is 11.0. The summed E-state index contributed by atoms with van der Waals surface area (Å²) in [5.41, 5.74) is 4.48. The zero-order valence-corrected chi connectivity index (χ0v) is 13.2. The number of carboxylic acids is 1. The zero-order valence-electron chi connectivity index (χ0n) is 13.2. The number of rotatable bonds is 4. The maximum atomic E-state index is 12.7. The Morgan fingerprint density at radius 2 is 1.91 bits per heavy atom. The maximum Gasteiger partial charge on any atom is 0.310 e. The Morgan fingerprint density at radius 3 is 2.52 bits per heavy atom. The summed E-state index contributed by atoms with van der Waals surface area (Å²) in [6, 6.07) is 13.2. The van der Waals surface area contributed by atoms with Crippen LogP contribution in [0.25, 0.3) is 0 Å². The molecule has 0 saturated heterocycles. The molecule has 0 aromatic heterocycles. The third-order valence-electron chi connectivity index (χ3n) is 4.48. The van der Waals surface area contributed by atoms with E-state index in [0.717, 1.165) is 34.4 Å². The van der Waals surface area contributed by atoms with Gasteiger partial charge in [0, 0.05) is 11.3 Å². The molecule has 1 unspecified atom stereocenters. The van der Waals surface area contributed by atoms with E-state index in [1.165, 1.54) is 0 Å². The second-order valence-electron chi connectivity index (χ2n) is 5.85. The van der Waals surface area contributed by atoms with Gasteiger partial charge in [0.2, 0.25) is 0 Å². The first kappa shape index (κ1) is 15.3. The molecule has 3 rings (SSSR count). The summed E-state index contributed by atoms with van der Waals surface area (Å²) in [6.07, 6.45) is 0.831. The Kier molecular flexibility index (Phi) is 3.90. The van der Waals surface area contributed by atoms with Gasteiger partial charge < -0.3 is 10.0 Å². The van der Waals surface area contributed by atoms with E-state index in [-0.39, 0.29) is 5.91 Å². The number of aliphatic carboxylic acids is 1. The molecule has 0 radical (unpaired) electrons. The zero-order chi connectivity index (χ0) is 16.6. The number of benzene rings is 2. The molecule has 0 fully saturated rings. The van der Waals surface area contributed by atoms with Crippen molar-refractivity contribution in [3.63, 3.8) is 0 Å². The summed E-state index contributed by atoms with van der Waals surface area (Å²) in [5, 5.41) is 9.07. The van der Waals surface area contributed by atoms with Gasteiger partial charge >= 0.3 is 5.97 Å². The Balaban J connectivity index is 1.90. The van der Waals surface area contributed by atoms with Gasteiger partial charge in [-0.25, -0.2) is 0 Å². The number of carbonyl (C=O) groups is 2. The lowest BCUT2D eigenvalue weighted by molar-refractivity contribution is -0.138. The molecule has 0 bridgehead atoms. The normalized spacial score (nSPS) is 14.7. The molecular weight excluding hydrogens is 290 g/mol. The predicted octanol–water partition coefficient (Wildman–Crippen LogP) is 3.60. The van der Waals surface area contributed by atoms with E-state index < -0.39 is 11.9 Å². The van der Waals surface area contributed by atoms with Crippen LogP contribution in [0.4, 0.5) is 5.69 Å². The SMILES string of the molecule is CCc1cccc2c1C(=O)N(c1ccc(C(C)C(=O)O)cc1)C2. The summed E-state index contributed by atoms with van der Waals surface area (Å²) >= 11 is 0. The number of fused-ring (bicyclic) bond motifs is 1. The van der Waals surface area contributed by atoms with Gasteiger partial charge in [0.15, 0.2) is 0 Å². The standard InChI is InChI=1S/C19H19NO3/c1-3-13-5-4-6-15-11-20(18(21)17(13)15)16-9-7-14(8-10-16)12(2)19(22)23/h4-10,12H,3,11H2,1-2H3,(H,22,23). The lowest BCUT2D eigenvalue weighted by Crippen LogP contribution is -2.23. The second kappa shape index (κ2) is 5.88. The van der Waals surface area contributed by atoms with Gasteiger partial charge in [0.05, 0.1) is 12.5 Å². The highest BCUT2D eigenvalue weighted by molar-refractivity contribution is 6.11. The van der Waals surface area contributed by atoms with Crippen molar-refractivity contribution < 1.29 is 14.7 Å². The maximum absolute atomic E-state index is 12.7. The van der Waals surface area contributed by atoms with Gasteiger partial charge in [-0.2, -0.15) is 0 Å². The molecule has 2 aromatic carbocycles. The van der Waals surface area contributed by atoms with E-state index >= 15 is 0 Å². The summed E-state index contributed by atoms with van der Waals surface area (Å²) < 4.78 is 0. The average Bonchev–Trinajstić information content (AvgIpc) is 2.91. The van der Waals surface area contributed by atoms with Crippen LogP contribution in [0, 0.1) is 0 Å². The third kappa shape index (κ3) is 2.61. The van der Waals surface area contributed by atoms with Gasteiger partial charge in [-0.15, -0.1) is 0 Å². The number of hydrogen-bond donors (Lipinski definition) is 1. The highest BCUT2D eigenvalue weighted by atomic mass is 16.4. The van der Waals surface area contributed by atoms with Crippen LogP contribution in [0.5, 0.6) is 0 Å². The quantitative estimate of drug-likeness (QED) is 0.939. The lowest BCUT2D eigenvalue weighted by Gasteiger charge is -2.17. The number of carboxylic acid groups (broad SMARTS) is 1. The van der Waals surface area contributed by atoms with Crippen LogP contribution in [0.1, 0.15) is 46.8 Å². The summed E-state index contributed by atoms with van der Waals surface area (Å²) in [5.74, 6) is -1.38. The topological polar surface area (TPSA) is 57.6 Å². The number of hydrogen-bond acceptors (Lipinski definition) is 2. The van der Waals surface area contributed by atoms with Crippen LogP contribution >= 0.6 is 0 Å². The molecule has 1 N–H and O–H groups in total. The van der Waals surface area contributed by atoms with Crippen molar-refractivity contribution in [2.24, 2.45) is 0 Å². The predicted molar refractivity (Wildman–Crippen MR) is 88.8 cm³/mol. The molecule has 0 spiro atoms. The highest BCUT2D eigenvalue weighted by Crippen LogP contribution is 2.31. The number of carbonyl (C=O) groups excluding carboxylic acids is 1. The fourth-order valence-electron chi connectivity index (χ4n) is 3.03. The van der Waals surface area contributed by atoms with Crippen molar-refractivity contribution in [2.45, 2.75) is 32.7 Å². The van der Waals surface area contributed by atoms with Crippen molar-refractivity contribution in [1.29, 1.82) is 0 Å². The molecule has 4 heteroatoms. The molecule has 1 aliphatic rings. The fraction of sp³-hybridized carbons (Fsp3) is 0.263. The lowest BCUT2D eigenvalue weighted by atomic mass is 10.0. The van der Waals surface area contributed by atoms with E-state index in [0.29, 0.717) is 6.54 Å². The van der Waals surface area contributed by atoms with Gasteiger partial charge in [-0.1, -0.05) is 37.3 Å². The van der Waals surface area contributed by atoms with E-state index in [2.05, 4.69) is 0 Å². The first-order valence-corrected chi connectivity index (χ1v) is 7.78. The molecule has 1 atom stereocenters. The molecule has 2 aromatic rings. The van der Waals surface area contributed by atoms with E-state index in [4.69, 9.17) is 5.11 Å². The average molecular weight is 309 g/mol. The van der Waals surface area contributed by atoms with Gasteiger partial charge in [0.1, 0.15) is 0 Å². The van der Waals surface area contributed by atoms with E-state index in [9.17, 15) is 9.59 Å². The minimum atomic E-state index is -0.852. The van der Waals surface area contributed by atoms with Gasteiger partial charge in [-0.3, -0.25) is 9.59 Å². The molecule has 1 aliphatic heterocycles. The first-order valence-electron chi connectivity index (χ1n) is 7.78. The Morgan fingerprint density at radius 1 is 1.22 bits per heavy atom. The minimum absolute atomic E-state index is 0.0245. The van der Waals surface area contributed by atoms with Crippen LogP contribution in [0.15, 0.2) is 42.5 Å². The Bertz CT molecular complexity index is 765. The molecule has 0 aliphatic carbocycles. The molecular formula is C19H19NO3. The van der Waals surface area contributed by atoms with Crippen LogP contribution < -0.4 is 4.90 Å². The number of amides is 1. The largest absolute Gasteiger partial charge is 0.481 e. The monoisotopic (exact) mass is 309 g/mol. The van der Waals surface area contributed by atoms with Crippen LogP contribution in [-0.2, 0) is 17.8 Å². The third-order valence-corrected chi connectivity index (χ3v) is 4.48. The van der Waals surface area contributed by atoms with Crippen LogP contribution in [0.3, 0.4) is 0 Å². The van der Waals surface area contributed by atoms with Crippen LogP contribution in [-0.4, -0.2) is 17.0 Å². The van der Waals surface area contributed by atoms with Crippen molar-refractivity contribution in [2.75, 3.05) is 4.90 Å². The number of aryl methyl sites for hydroxylation is 1. The number of anilines is 1. The van der Waals surface area contributed by atoms with Crippen molar-refractivity contribution >= 4 is 17.6 Å². The summed E-state index contributed by atoms with van der Waals surface area (Å²) in [4.78, 5) is 25.5. The number of nitrogens with zero attached hydrogens (tertiary/aromatic N) is 1. The molecule has 1 amide bonds. The molecule has 0 saturated carbocycles. The van der Waals surface area contributed by atoms with Crippen molar-refractivity contribution in [1.82, 2.24) is 0 Å². The van der Waals surface area contributed by atoms with Crippen molar-refractivity contribution in [3.8, 4) is 0 Å². The Hall–Kier alpha value is -2.62. The highest BCUT2D eigenvalue weighted by Gasteiger charge is 2.30. The summed E-state index contributed by atoms with van der Waals surface area (Å²) in [6.45, 7) is 4.27. The van der Waals surface area contributed by atoms with Gasteiger partial charge in [0.25, 0.3) is 5.91 Å². The van der Waals surface area contributed by atoms with Crippen LogP contribution in [0.2, 0.25) is 0 Å². The fourth-order valence-corrected chi connectivity index (χ4v) is 3.03. The van der Waals surface area contributed by atoms with E-state index in [1.807, 2.05) is 37.3 Å². The molecule has 118 valence electrons. The molecule has 1 heterocycles. The molecule has 4 nitrogen and oxygen atoms in total. The second-order valence-corrected chi connectivity index (χ2v) is 5.85. The summed E-state index contributed by atoms with van der Waals surface area (Å²) in [7, 11) is 0. The smallest absolute Gasteiger partial charge is 0.310 e. The van der Waals surface area contributed by atoms with Gasteiger partial charge in [-0.05, 0) is 42.2 Å². The Labute approximate surface area is 135 Å².